The maximum Gasteiger partial charge on any atom is 0.314 e. The van der Waals surface area contributed by atoms with E-state index in [2.05, 4.69) is 0 Å². The van der Waals surface area contributed by atoms with Crippen LogP contribution in [0.1, 0.15) is 0 Å². The summed E-state index contributed by atoms with van der Waals surface area (Å²) in [6.07, 6.45) is 0. The molecule has 0 unspecified atom stereocenters. The summed E-state index contributed by atoms with van der Waals surface area (Å²) < 4.78 is 8.74. The molecule has 0 aromatic carbocycles. The van der Waals surface area contributed by atoms with Crippen LogP contribution in [0.2, 0.25) is 0 Å². The maximum absolute atomic E-state index is 8.74. The summed E-state index contributed by atoms with van der Waals surface area (Å²) in [5, 5.41) is 0. The third-order valence-electron chi connectivity index (χ3n) is 0. The minimum Gasteiger partial charge on any atom is -0.412 e. The molecule has 0 amide bonds. The zero-order chi connectivity index (χ0) is 3.58. The molecule has 0 radical (unpaired) electrons. The van der Waals surface area contributed by atoms with E-state index in [0.29, 0.717) is 0 Å². The molecule has 0 spiro atoms. The second-order valence-electron chi connectivity index (χ2n) is 0.283. The van der Waals surface area contributed by atoms with Crippen molar-refractivity contribution in [2.45, 2.75) is 0 Å². The quantitative estimate of drug-likeness (QED) is 0.339. The van der Waals surface area contributed by atoms with Crippen molar-refractivity contribution < 1.29 is 39.3 Å². The average molecular weight is 165 g/mol. The van der Waals surface area contributed by atoms with E-state index in [4.69, 9.17) is 14.4 Å². The van der Waals surface area contributed by atoms with Gasteiger partial charge in [-0.2, -0.15) is 0 Å². The molecule has 36 valence electrons. The van der Waals surface area contributed by atoms with Crippen LogP contribution in [0.25, 0.3) is 0 Å². The van der Waals surface area contributed by atoms with Gasteiger partial charge < -0.3 is 15.3 Å². The molecule has 0 bridgehead atoms. The zero-order valence-corrected chi connectivity index (χ0v) is 6.98. The van der Waals surface area contributed by atoms with Crippen molar-refractivity contribution in [1.82, 2.24) is 0 Å². The first-order chi connectivity index (χ1) is 1.73. The van der Waals surface area contributed by atoms with Crippen LogP contribution in [0.5, 0.6) is 0 Å². The van der Waals surface area contributed by atoms with Gasteiger partial charge >= 0.3 is 8.25 Å². The predicted molar refractivity (Wildman–Crippen MR) is 17.1 cm³/mol. The topological polar surface area (TPSA) is 89.0 Å². The first kappa shape index (κ1) is 15.9. The van der Waals surface area contributed by atoms with Gasteiger partial charge in [-0.05, 0) is 0 Å². The molecular formula is H5O4PZn. The van der Waals surface area contributed by atoms with Gasteiger partial charge in [-0.1, -0.05) is 0 Å². The monoisotopic (exact) mass is 164 g/mol. The average Bonchev–Trinajstić information content (AvgIpc) is 0.811. The van der Waals surface area contributed by atoms with Gasteiger partial charge in [0.2, 0.25) is 0 Å². The summed E-state index contributed by atoms with van der Waals surface area (Å²) in [5.41, 5.74) is 0. The normalized spacial score (nSPS) is 5.83. The smallest absolute Gasteiger partial charge is 0.314 e. The van der Waals surface area contributed by atoms with Crippen LogP contribution in [0.4, 0.5) is 0 Å². The summed E-state index contributed by atoms with van der Waals surface area (Å²) >= 11 is 0. The Labute approximate surface area is 48.2 Å². The molecule has 0 rings (SSSR count). The summed E-state index contributed by atoms with van der Waals surface area (Å²) in [4.78, 5) is 14.3. The van der Waals surface area contributed by atoms with Crippen molar-refractivity contribution in [2.24, 2.45) is 0 Å². The van der Waals surface area contributed by atoms with E-state index in [1.807, 2.05) is 0 Å². The standard InChI is InChI=1S/H3O3P.H2O.Zn/c1-4(2)3;;/h4H,(H2,1,2,3);1H2;. The van der Waals surface area contributed by atoms with Crippen LogP contribution in [0.15, 0.2) is 0 Å². The molecule has 0 saturated carbocycles. The molecule has 4 nitrogen and oxygen atoms in total. The molecule has 4 N–H and O–H groups in total. The largest absolute Gasteiger partial charge is 0.412 e. The Morgan fingerprint density at radius 1 is 1.33 bits per heavy atom. The fourth-order valence-corrected chi connectivity index (χ4v) is 0. The van der Waals surface area contributed by atoms with E-state index in [1.165, 1.54) is 0 Å². The van der Waals surface area contributed by atoms with Crippen LogP contribution in [0, 0.1) is 0 Å². The van der Waals surface area contributed by atoms with E-state index in [0.717, 1.165) is 0 Å². The molecule has 0 aliphatic carbocycles. The Morgan fingerprint density at radius 3 is 1.33 bits per heavy atom. The van der Waals surface area contributed by atoms with Crippen LogP contribution < -0.4 is 0 Å². The van der Waals surface area contributed by atoms with Crippen LogP contribution >= 0.6 is 8.25 Å². The number of hydrogen-bond acceptors (Lipinski definition) is 1. The maximum atomic E-state index is 8.74. The summed E-state index contributed by atoms with van der Waals surface area (Å²) in [6, 6.07) is 0. The fourth-order valence-electron chi connectivity index (χ4n) is 0. The van der Waals surface area contributed by atoms with Gasteiger partial charge in [-0.25, -0.2) is 0 Å². The van der Waals surface area contributed by atoms with E-state index in [1.54, 1.807) is 0 Å². The Balaban J connectivity index is -0.0000000450. The number of rotatable bonds is 0. The van der Waals surface area contributed by atoms with Gasteiger partial charge in [0.15, 0.2) is 0 Å². The molecule has 6 heteroatoms. The van der Waals surface area contributed by atoms with Gasteiger partial charge in [0.1, 0.15) is 0 Å². The van der Waals surface area contributed by atoms with Gasteiger partial charge in [-0.3, -0.25) is 4.57 Å². The number of hydrogen-bond donors (Lipinski definition) is 2. The first-order valence-electron chi connectivity index (χ1n) is 0.651. The molecule has 0 fully saturated rings. The molecule has 0 aliphatic rings. The van der Waals surface area contributed by atoms with Crippen molar-refractivity contribution >= 4 is 8.25 Å². The van der Waals surface area contributed by atoms with Crippen LogP contribution in [-0.2, 0) is 24.0 Å². The van der Waals surface area contributed by atoms with E-state index < -0.39 is 8.25 Å². The molecule has 0 aliphatic heterocycles. The molecule has 0 aromatic heterocycles. The molecule has 0 heterocycles. The van der Waals surface area contributed by atoms with Crippen molar-refractivity contribution in [1.29, 1.82) is 0 Å². The first-order valence-corrected chi connectivity index (χ1v) is 1.95. The van der Waals surface area contributed by atoms with E-state index in [9.17, 15) is 0 Å². The van der Waals surface area contributed by atoms with Crippen molar-refractivity contribution in [3.05, 3.63) is 0 Å². The Morgan fingerprint density at radius 2 is 1.33 bits per heavy atom. The Hall–Kier alpha value is 0.733. The molecule has 0 atom stereocenters. The van der Waals surface area contributed by atoms with Crippen molar-refractivity contribution in [3.8, 4) is 0 Å². The fraction of sp³-hybridized carbons (Fsp3) is 0. The third-order valence-corrected chi connectivity index (χ3v) is 0. The zero-order valence-electron chi connectivity index (χ0n) is 3.01. The minimum absolute atomic E-state index is 0. The van der Waals surface area contributed by atoms with Gasteiger partial charge in [0, 0.05) is 19.5 Å². The third kappa shape index (κ3) is 123. The van der Waals surface area contributed by atoms with Crippen LogP contribution in [0.3, 0.4) is 0 Å². The van der Waals surface area contributed by atoms with Crippen molar-refractivity contribution in [3.63, 3.8) is 0 Å². The second kappa shape index (κ2) is 9.22. The molecule has 0 aromatic rings. The Kier molecular flexibility index (Phi) is 24.4. The SMILES string of the molecule is O.O=[PH](O)O.[Zn]. The van der Waals surface area contributed by atoms with E-state index in [-0.39, 0.29) is 25.0 Å². The summed E-state index contributed by atoms with van der Waals surface area (Å²) in [5.74, 6) is 0. The van der Waals surface area contributed by atoms with Crippen molar-refractivity contribution in [2.75, 3.05) is 0 Å². The van der Waals surface area contributed by atoms with Gasteiger partial charge in [0.05, 0.1) is 0 Å². The van der Waals surface area contributed by atoms with Crippen LogP contribution in [-0.4, -0.2) is 15.3 Å². The van der Waals surface area contributed by atoms with Gasteiger partial charge in [-0.15, -0.1) is 0 Å². The second-order valence-corrected chi connectivity index (χ2v) is 0.848. The summed E-state index contributed by atoms with van der Waals surface area (Å²) in [6.45, 7) is 0. The van der Waals surface area contributed by atoms with Gasteiger partial charge in [0.25, 0.3) is 0 Å². The van der Waals surface area contributed by atoms with E-state index >= 15 is 0 Å². The molecular weight excluding hydrogens is 160 g/mol. The predicted octanol–water partition coefficient (Wildman–Crippen LogP) is -1.47. The Bertz CT molecular complexity index is 30.5. The molecule has 6 heavy (non-hydrogen) atoms. The molecule has 0 saturated heterocycles. The minimum atomic E-state index is -3.13. The summed E-state index contributed by atoms with van der Waals surface area (Å²) in [7, 11) is -3.13.